The first-order chi connectivity index (χ1) is 11.1. The minimum absolute atomic E-state index is 0.0274. The molecule has 23 heavy (non-hydrogen) atoms. The van der Waals surface area contributed by atoms with Gasteiger partial charge in [-0.05, 0) is 50.2 Å². The maximum atomic E-state index is 12.3. The van der Waals surface area contributed by atoms with Gasteiger partial charge in [0.25, 0.3) is 5.91 Å². The highest BCUT2D eigenvalue weighted by atomic mass is 16.5. The maximum Gasteiger partial charge on any atom is 0.282 e. The zero-order valence-corrected chi connectivity index (χ0v) is 14.0. The van der Waals surface area contributed by atoms with Crippen molar-refractivity contribution in [1.82, 2.24) is 0 Å². The highest BCUT2D eigenvalue weighted by Gasteiger charge is 2.21. The third kappa shape index (κ3) is 5.11. The van der Waals surface area contributed by atoms with Crippen LogP contribution in [-0.2, 0) is 11.3 Å². The van der Waals surface area contributed by atoms with E-state index in [2.05, 4.69) is 17.4 Å². The average molecular weight is 313 g/mol. The van der Waals surface area contributed by atoms with E-state index in [-0.39, 0.29) is 11.9 Å². The number of para-hydroxylation sites is 1. The van der Waals surface area contributed by atoms with Gasteiger partial charge in [-0.25, -0.2) is 0 Å². The van der Waals surface area contributed by atoms with Crippen molar-refractivity contribution in [3.63, 3.8) is 0 Å². The monoisotopic (exact) mass is 313 g/mol. The van der Waals surface area contributed by atoms with Crippen LogP contribution in [0.5, 0.6) is 5.75 Å². The molecule has 0 radical (unpaired) electrons. The van der Waals surface area contributed by atoms with Gasteiger partial charge in [-0.3, -0.25) is 4.79 Å². The summed E-state index contributed by atoms with van der Waals surface area (Å²) in [5.74, 6) is 0.906. The van der Waals surface area contributed by atoms with E-state index in [9.17, 15) is 4.79 Å². The van der Waals surface area contributed by atoms with Crippen molar-refractivity contribution in [2.24, 2.45) is 0 Å². The van der Waals surface area contributed by atoms with Gasteiger partial charge in [0, 0.05) is 11.3 Å². The molecule has 0 spiro atoms. The second-order valence-electron chi connectivity index (χ2n) is 5.68. The van der Waals surface area contributed by atoms with E-state index in [0.717, 1.165) is 22.9 Å². The Morgan fingerprint density at radius 1 is 1.13 bits per heavy atom. The van der Waals surface area contributed by atoms with Crippen molar-refractivity contribution in [3.8, 4) is 5.75 Å². The Kier molecular flexibility index (Phi) is 6.18. The number of rotatable bonds is 7. The normalized spacial score (nSPS) is 13.2. The number of likely N-dealkylation sites (N-methyl/N-ethyl adjacent to an activating group) is 1. The van der Waals surface area contributed by atoms with Crippen LogP contribution in [0.1, 0.15) is 19.4 Å². The van der Waals surface area contributed by atoms with Gasteiger partial charge in [0.15, 0.2) is 6.04 Å². The molecule has 0 aliphatic rings. The Labute approximate surface area is 138 Å². The molecule has 0 aromatic heterocycles. The fraction of sp³-hybridized carbons (Fsp3) is 0.316. The van der Waals surface area contributed by atoms with Crippen LogP contribution in [0.15, 0.2) is 54.6 Å². The summed E-state index contributed by atoms with van der Waals surface area (Å²) in [5.41, 5.74) is 2.02. The van der Waals surface area contributed by atoms with Gasteiger partial charge in [-0.1, -0.05) is 18.2 Å². The predicted molar refractivity (Wildman–Crippen MR) is 92.7 cm³/mol. The molecule has 122 valence electrons. The second-order valence-corrected chi connectivity index (χ2v) is 5.68. The number of benzene rings is 2. The summed E-state index contributed by atoms with van der Waals surface area (Å²) < 4.78 is 5.45. The first-order valence-corrected chi connectivity index (χ1v) is 8.00. The van der Waals surface area contributed by atoms with E-state index in [4.69, 9.17) is 4.74 Å². The van der Waals surface area contributed by atoms with Crippen LogP contribution in [0.4, 0.5) is 5.69 Å². The molecule has 0 saturated heterocycles. The number of anilines is 1. The standard InChI is InChI=1S/C19H24N2O2/c1-4-23-18-12-10-16(11-13-18)14-21(3)15(2)19(22)20-17-8-6-5-7-9-17/h5-13,15H,4,14H2,1-3H3,(H,20,22)/p+1/t15-/m0/s1. The number of carbonyl (C=O) groups is 1. The zero-order chi connectivity index (χ0) is 16.7. The summed E-state index contributed by atoms with van der Waals surface area (Å²) in [6.07, 6.45) is 0. The fourth-order valence-corrected chi connectivity index (χ4v) is 2.34. The molecule has 0 fully saturated rings. The summed E-state index contributed by atoms with van der Waals surface area (Å²) in [4.78, 5) is 13.5. The SMILES string of the molecule is CCOc1ccc(C[NH+](C)[C@@H](C)C(=O)Nc2ccccc2)cc1. The average Bonchev–Trinajstić information content (AvgIpc) is 2.57. The Hall–Kier alpha value is -2.33. The van der Waals surface area contributed by atoms with Crippen molar-refractivity contribution >= 4 is 11.6 Å². The molecule has 4 nitrogen and oxygen atoms in total. The third-order valence-electron chi connectivity index (χ3n) is 3.89. The van der Waals surface area contributed by atoms with Crippen LogP contribution in [0.25, 0.3) is 0 Å². The summed E-state index contributed by atoms with van der Waals surface area (Å²) in [6, 6.07) is 17.5. The Bertz CT molecular complexity index is 611. The van der Waals surface area contributed by atoms with Crippen molar-refractivity contribution < 1.29 is 14.4 Å². The molecule has 2 N–H and O–H groups in total. The lowest BCUT2D eigenvalue weighted by Gasteiger charge is -2.21. The van der Waals surface area contributed by atoms with E-state index in [1.807, 2.05) is 63.4 Å². The first-order valence-electron chi connectivity index (χ1n) is 8.00. The molecule has 0 aliphatic heterocycles. The molecule has 4 heteroatoms. The van der Waals surface area contributed by atoms with Crippen LogP contribution >= 0.6 is 0 Å². The van der Waals surface area contributed by atoms with Crippen molar-refractivity contribution in [2.75, 3.05) is 19.0 Å². The highest BCUT2D eigenvalue weighted by molar-refractivity contribution is 5.93. The largest absolute Gasteiger partial charge is 0.494 e. The number of nitrogens with one attached hydrogen (secondary N) is 2. The molecule has 0 saturated carbocycles. The number of carbonyl (C=O) groups excluding carboxylic acids is 1. The van der Waals surface area contributed by atoms with E-state index < -0.39 is 0 Å². The minimum atomic E-state index is -0.137. The van der Waals surface area contributed by atoms with E-state index >= 15 is 0 Å². The molecule has 1 amide bonds. The summed E-state index contributed by atoms with van der Waals surface area (Å²) >= 11 is 0. The molecular formula is C19H25N2O2+. The van der Waals surface area contributed by atoms with Gasteiger partial charge in [0.1, 0.15) is 12.3 Å². The predicted octanol–water partition coefficient (Wildman–Crippen LogP) is 2.13. The zero-order valence-electron chi connectivity index (χ0n) is 14.0. The molecule has 2 aromatic carbocycles. The first kappa shape index (κ1) is 17.0. The summed E-state index contributed by atoms with van der Waals surface area (Å²) in [5, 5.41) is 2.95. The fourth-order valence-electron chi connectivity index (χ4n) is 2.34. The molecule has 2 rings (SSSR count). The molecule has 2 aromatic rings. The Balaban J connectivity index is 1.91. The van der Waals surface area contributed by atoms with Crippen molar-refractivity contribution in [1.29, 1.82) is 0 Å². The van der Waals surface area contributed by atoms with E-state index in [1.165, 1.54) is 5.56 Å². The summed E-state index contributed by atoms with van der Waals surface area (Å²) in [6.45, 7) is 5.37. The van der Waals surface area contributed by atoms with Crippen LogP contribution in [0.2, 0.25) is 0 Å². The molecule has 0 heterocycles. The van der Waals surface area contributed by atoms with Gasteiger partial charge in [-0.2, -0.15) is 0 Å². The minimum Gasteiger partial charge on any atom is -0.494 e. The van der Waals surface area contributed by atoms with Gasteiger partial charge in [0.2, 0.25) is 0 Å². The summed E-state index contributed by atoms with van der Waals surface area (Å²) in [7, 11) is 2.03. The second kappa shape index (κ2) is 8.34. The van der Waals surface area contributed by atoms with Crippen LogP contribution in [-0.4, -0.2) is 25.6 Å². The Morgan fingerprint density at radius 2 is 1.78 bits per heavy atom. The lowest BCUT2D eigenvalue weighted by atomic mass is 10.1. The number of hydrogen-bond acceptors (Lipinski definition) is 2. The molecule has 1 unspecified atom stereocenters. The van der Waals surface area contributed by atoms with Gasteiger partial charge in [-0.15, -0.1) is 0 Å². The van der Waals surface area contributed by atoms with E-state index in [0.29, 0.717) is 6.61 Å². The van der Waals surface area contributed by atoms with Crippen LogP contribution in [0.3, 0.4) is 0 Å². The third-order valence-corrected chi connectivity index (χ3v) is 3.89. The maximum absolute atomic E-state index is 12.3. The molecular weight excluding hydrogens is 288 g/mol. The topological polar surface area (TPSA) is 42.8 Å². The number of amides is 1. The van der Waals surface area contributed by atoms with E-state index in [1.54, 1.807) is 0 Å². The molecule has 2 atom stereocenters. The number of hydrogen-bond donors (Lipinski definition) is 2. The van der Waals surface area contributed by atoms with Crippen LogP contribution < -0.4 is 15.0 Å². The number of ether oxygens (including phenoxy) is 1. The number of quaternary nitrogens is 1. The Morgan fingerprint density at radius 3 is 2.39 bits per heavy atom. The van der Waals surface area contributed by atoms with Crippen molar-refractivity contribution in [2.45, 2.75) is 26.4 Å². The lowest BCUT2D eigenvalue weighted by Crippen LogP contribution is -3.12. The highest BCUT2D eigenvalue weighted by Crippen LogP contribution is 2.11. The van der Waals surface area contributed by atoms with Crippen molar-refractivity contribution in [3.05, 3.63) is 60.2 Å². The lowest BCUT2D eigenvalue weighted by molar-refractivity contribution is -0.907. The van der Waals surface area contributed by atoms with Gasteiger partial charge in [0.05, 0.1) is 13.7 Å². The van der Waals surface area contributed by atoms with Gasteiger partial charge >= 0.3 is 0 Å². The molecule has 0 aliphatic carbocycles. The molecule has 0 bridgehead atoms. The van der Waals surface area contributed by atoms with Crippen LogP contribution in [0, 0.1) is 0 Å². The smallest absolute Gasteiger partial charge is 0.282 e. The quantitative estimate of drug-likeness (QED) is 0.822. The van der Waals surface area contributed by atoms with Gasteiger partial charge < -0.3 is 15.0 Å².